The standard InChI is InChI=1S/C19H22N4O3/c1-4-22-10-15(14-7-5-6-8-16(14)22)19(24)23-9-12(2)25-17(11-23)18-21-20-13(3)26-18/h5-8,10,12,17H,4,9,11H2,1-3H3/t12-,17-/m1/s1. The van der Waals surface area contributed by atoms with Crippen LogP contribution in [0.4, 0.5) is 0 Å². The summed E-state index contributed by atoms with van der Waals surface area (Å²) in [5.74, 6) is 0.915. The first-order valence-electron chi connectivity index (χ1n) is 8.89. The van der Waals surface area contributed by atoms with E-state index in [2.05, 4.69) is 21.7 Å². The van der Waals surface area contributed by atoms with Crippen LogP contribution in [0.1, 0.15) is 42.1 Å². The monoisotopic (exact) mass is 354 g/mol. The Morgan fingerprint density at radius 3 is 2.81 bits per heavy atom. The van der Waals surface area contributed by atoms with Crippen molar-refractivity contribution in [3.8, 4) is 0 Å². The Hall–Kier alpha value is -2.67. The molecule has 0 bridgehead atoms. The van der Waals surface area contributed by atoms with E-state index in [1.807, 2.05) is 42.3 Å². The minimum absolute atomic E-state index is 0.00443. The Kier molecular flexibility index (Phi) is 4.24. The van der Waals surface area contributed by atoms with Crippen molar-refractivity contribution in [1.82, 2.24) is 19.7 Å². The summed E-state index contributed by atoms with van der Waals surface area (Å²) in [6.45, 7) is 7.52. The highest BCUT2D eigenvalue weighted by atomic mass is 16.5. The lowest BCUT2D eigenvalue weighted by Gasteiger charge is -2.35. The molecule has 1 aromatic carbocycles. The van der Waals surface area contributed by atoms with Crippen LogP contribution in [0, 0.1) is 6.92 Å². The van der Waals surface area contributed by atoms with Gasteiger partial charge in [0.05, 0.1) is 18.2 Å². The second kappa shape index (κ2) is 6.57. The molecule has 1 fully saturated rings. The molecule has 1 saturated heterocycles. The highest BCUT2D eigenvalue weighted by molar-refractivity contribution is 6.07. The highest BCUT2D eigenvalue weighted by Gasteiger charge is 2.33. The van der Waals surface area contributed by atoms with Crippen molar-refractivity contribution in [2.75, 3.05) is 13.1 Å². The number of aromatic nitrogens is 3. The number of para-hydroxylation sites is 1. The van der Waals surface area contributed by atoms with Crippen molar-refractivity contribution in [2.24, 2.45) is 0 Å². The lowest BCUT2D eigenvalue weighted by molar-refractivity contribution is -0.0796. The van der Waals surface area contributed by atoms with E-state index in [1.54, 1.807) is 6.92 Å². The first-order chi connectivity index (χ1) is 12.6. The summed E-state index contributed by atoms with van der Waals surface area (Å²) in [4.78, 5) is 15.1. The van der Waals surface area contributed by atoms with Crippen LogP contribution in [0.2, 0.25) is 0 Å². The van der Waals surface area contributed by atoms with E-state index in [0.717, 1.165) is 23.0 Å². The first kappa shape index (κ1) is 16.8. The van der Waals surface area contributed by atoms with E-state index in [1.165, 1.54) is 0 Å². The number of nitrogens with zero attached hydrogens (tertiary/aromatic N) is 4. The molecule has 0 spiro atoms. The average Bonchev–Trinajstić information content (AvgIpc) is 3.24. The third-order valence-electron chi connectivity index (χ3n) is 4.72. The molecule has 0 aliphatic carbocycles. The van der Waals surface area contributed by atoms with Crippen molar-refractivity contribution < 1.29 is 13.9 Å². The van der Waals surface area contributed by atoms with Gasteiger partial charge < -0.3 is 18.6 Å². The number of amides is 1. The minimum Gasteiger partial charge on any atom is -0.423 e. The molecule has 0 saturated carbocycles. The topological polar surface area (TPSA) is 73.4 Å². The van der Waals surface area contributed by atoms with Crippen LogP contribution in [-0.4, -0.2) is 44.8 Å². The van der Waals surface area contributed by atoms with E-state index in [4.69, 9.17) is 9.15 Å². The fourth-order valence-corrected chi connectivity index (χ4v) is 3.54. The number of hydrogen-bond acceptors (Lipinski definition) is 5. The molecule has 2 atom stereocenters. The predicted octanol–water partition coefficient (Wildman–Crippen LogP) is 2.95. The molecule has 0 radical (unpaired) electrons. The molecule has 26 heavy (non-hydrogen) atoms. The number of fused-ring (bicyclic) bond motifs is 1. The predicted molar refractivity (Wildman–Crippen MR) is 95.8 cm³/mol. The van der Waals surface area contributed by atoms with Crippen LogP contribution in [0.3, 0.4) is 0 Å². The van der Waals surface area contributed by atoms with Gasteiger partial charge in [-0.3, -0.25) is 4.79 Å². The molecule has 4 rings (SSSR count). The minimum atomic E-state index is -0.400. The lowest BCUT2D eigenvalue weighted by Crippen LogP contribution is -2.46. The smallest absolute Gasteiger partial charge is 0.256 e. The molecule has 136 valence electrons. The normalized spacial score (nSPS) is 20.7. The van der Waals surface area contributed by atoms with Crippen LogP contribution in [0.5, 0.6) is 0 Å². The molecule has 1 aliphatic rings. The molecule has 0 unspecified atom stereocenters. The number of benzene rings is 1. The van der Waals surface area contributed by atoms with Gasteiger partial charge in [-0.05, 0) is 19.9 Å². The second-order valence-corrected chi connectivity index (χ2v) is 6.65. The Morgan fingerprint density at radius 1 is 1.27 bits per heavy atom. The van der Waals surface area contributed by atoms with Crippen molar-refractivity contribution in [3.63, 3.8) is 0 Å². The number of hydrogen-bond donors (Lipinski definition) is 0. The Morgan fingerprint density at radius 2 is 2.08 bits per heavy atom. The van der Waals surface area contributed by atoms with Crippen LogP contribution >= 0.6 is 0 Å². The van der Waals surface area contributed by atoms with Crippen LogP contribution in [0.15, 0.2) is 34.9 Å². The second-order valence-electron chi connectivity index (χ2n) is 6.65. The quantitative estimate of drug-likeness (QED) is 0.723. The largest absolute Gasteiger partial charge is 0.423 e. The van der Waals surface area contributed by atoms with Crippen LogP contribution in [-0.2, 0) is 11.3 Å². The van der Waals surface area contributed by atoms with Crippen molar-refractivity contribution in [2.45, 2.75) is 39.5 Å². The number of carbonyl (C=O) groups is 1. The van der Waals surface area contributed by atoms with Gasteiger partial charge in [-0.2, -0.15) is 0 Å². The van der Waals surface area contributed by atoms with E-state index in [0.29, 0.717) is 24.9 Å². The highest BCUT2D eigenvalue weighted by Crippen LogP contribution is 2.28. The number of aryl methyl sites for hydroxylation is 2. The Labute approximate surface area is 151 Å². The van der Waals surface area contributed by atoms with Gasteiger partial charge in [0.25, 0.3) is 5.91 Å². The number of carbonyl (C=O) groups excluding carboxylic acids is 1. The zero-order chi connectivity index (χ0) is 18.3. The lowest BCUT2D eigenvalue weighted by atomic mass is 10.1. The third-order valence-corrected chi connectivity index (χ3v) is 4.72. The molecular weight excluding hydrogens is 332 g/mol. The van der Waals surface area contributed by atoms with Crippen LogP contribution in [0.25, 0.3) is 10.9 Å². The van der Waals surface area contributed by atoms with Gasteiger partial charge in [0.15, 0.2) is 6.10 Å². The maximum atomic E-state index is 13.3. The SMILES string of the molecule is CCn1cc(C(=O)N2C[C@@H](C)O[C@@H](c3nnc(C)o3)C2)c2ccccc21. The molecule has 1 amide bonds. The maximum absolute atomic E-state index is 13.3. The summed E-state index contributed by atoms with van der Waals surface area (Å²) in [5, 5.41) is 8.90. The van der Waals surface area contributed by atoms with Crippen molar-refractivity contribution in [1.29, 1.82) is 0 Å². The summed E-state index contributed by atoms with van der Waals surface area (Å²) in [7, 11) is 0. The molecule has 2 aromatic heterocycles. The van der Waals surface area contributed by atoms with Gasteiger partial charge >= 0.3 is 0 Å². The van der Waals surface area contributed by atoms with Crippen molar-refractivity contribution in [3.05, 3.63) is 47.8 Å². The van der Waals surface area contributed by atoms with Crippen molar-refractivity contribution >= 4 is 16.8 Å². The number of morpholine rings is 1. The summed E-state index contributed by atoms with van der Waals surface area (Å²) < 4.78 is 13.5. The fourth-order valence-electron chi connectivity index (χ4n) is 3.54. The summed E-state index contributed by atoms with van der Waals surface area (Å²) in [6, 6.07) is 8.00. The summed E-state index contributed by atoms with van der Waals surface area (Å²) in [6.07, 6.45) is 1.44. The van der Waals surface area contributed by atoms with E-state index < -0.39 is 6.10 Å². The molecular formula is C19H22N4O3. The van der Waals surface area contributed by atoms with Gasteiger partial charge in [0.2, 0.25) is 11.8 Å². The maximum Gasteiger partial charge on any atom is 0.256 e. The number of rotatable bonds is 3. The zero-order valence-electron chi connectivity index (χ0n) is 15.2. The zero-order valence-corrected chi connectivity index (χ0v) is 15.2. The fraction of sp³-hybridized carbons (Fsp3) is 0.421. The molecule has 3 aromatic rings. The first-order valence-corrected chi connectivity index (χ1v) is 8.89. The molecule has 7 nitrogen and oxygen atoms in total. The van der Waals surface area contributed by atoms with Gasteiger partial charge in [-0.1, -0.05) is 18.2 Å². The number of ether oxygens (including phenoxy) is 1. The Bertz CT molecular complexity index is 945. The molecule has 7 heteroatoms. The van der Waals surface area contributed by atoms with E-state index in [-0.39, 0.29) is 12.0 Å². The average molecular weight is 354 g/mol. The molecule has 3 heterocycles. The van der Waals surface area contributed by atoms with Gasteiger partial charge in [-0.25, -0.2) is 0 Å². The Balaban J connectivity index is 1.65. The van der Waals surface area contributed by atoms with E-state index >= 15 is 0 Å². The van der Waals surface area contributed by atoms with Gasteiger partial charge in [-0.15, -0.1) is 10.2 Å². The van der Waals surface area contributed by atoms with Crippen LogP contribution < -0.4 is 0 Å². The van der Waals surface area contributed by atoms with E-state index in [9.17, 15) is 4.79 Å². The van der Waals surface area contributed by atoms with Gasteiger partial charge in [0.1, 0.15) is 0 Å². The summed E-state index contributed by atoms with van der Waals surface area (Å²) >= 11 is 0. The molecule has 1 aliphatic heterocycles. The third kappa shape index (κ3) is 2.88. The van der Waals surface area contributed by atoms with Gasteiger partial charge in [0, 0.05) is 37.1 Å². The summed E-state index contributed by atoms with van der Waals surface area (Å²) in [5.41, 5.74) is 1.79. The molecule has 0 N–H and O–H groups in total.